The van der Waals surface area contributed by atoms with Crippen molar-refractivity contribution in [1.82, 2.24) is 20.4 Å². The molecule has 2 N–H and O–H groups in total. The molecule has 1 unspecified atom stereocenters. The molecule has 0 aliphatic carbocycles. The minimum Gasteiger partial charge on any atom is -0.345 e. The van der Waals surface area contributed by atoms with E-state index in [9.17, 15) is 9.18 Å². The fourth-order valence-electron chi connectivity index (χ4n) is 2.98. The van der Waals surface area contributed by atoms with Gasteiger partial charge in [0.15, 0.2) is 0 Å². The normalized spacial score (nSPS) is 12.2. The Bertz CT molecular complexity index is 683. The van der Waals surface area contributed by atoms with Crippen LogP contribution in [0.4, 0.5) is 4.39 Å². The van der Waals surface area contributed by atoms with Crippen molar-refractivity contribution in [1.29, 1.82) is 0 Å². The van der Waals surface area contributed by atoms with Gasteiger partial charge in [0.05, 0.1) is 5.69 Å². The first-order chi connectivity index (χ1) is 12.5. The molecular weight excluding hydrogens is 331 g/mol. The Morgan fingerprint density at radius 3 is 2.69 bits per heavy atom. The van der Waals surface area contributed by atoms with E-state index in [4.69, 9.17) is 0 Å². The Balaban J connectivity index is 1.69. The zero-order valence-electron chi connectivity index (χ0n) is 15.9. The monoisotopic (exact) mass is 360 g/mol. The molecule has 0 bridgehead atoms. The van der Waals surface area contributed by atoms with Gasteiger partial charge in [0.1, 0.15) is 5.82 Å². The third-order valence-electron chi connectivity index (χ3n) is 4.52. The molecule has 6 heteroatoms. The van der Waals surface area contributed by atoms with Gasteiger partial charge < -0.3 is 10.2 Å². The highest BCUT2D eigenvalue weighted by molar-refractivity contribution is 5.78. The van der Waals surface area contributed by atoms with E-state index >= 15 is 0 Å². The van der Waals surface area contributed by atoms with Gasteiger partial charge in [-0.25, -0.2) is 4.39 Å². The van der Waals surface area contributed by atoms with Crippen LogP contribution in [0.2, 0.25) is 0 Å². The first-order valence-electron chi connectivity index (χ1n) is 9.21. The molecule has 142 valence electrons. The number of benzene rings is 1. The van der Waals surface area contributed by atoms with Crippen molar-refractivity contribution in [3.63, 3.8) is 0 Å². The van der Waals surface area contributed by atoms with Crippen LogP contribution in [0.5, 0.6) is 0 Å². The summed E-state index contributed by atoms with van der Waals surface area (Å²) >= 11 is 0. The van der Waals surface area contributed by atoms with E-state index < -0.39 is 0 Å². The Hall–Kier alpha value is -2.21. The number of rotatable bonds is 10. The number of carbonyl (C=O) groups excluding carboxylic acids is 1. The van der Waals surface area contributed by atoms with E-state index in [-0.39, 0.29) is 17.6 Å². The van der Waals surface area contributed by atoms with Gasteiger partial charge >= 0.3 is 0 Å². The molecule has 0 saturated carbocycles. The highest BCUT2D eigenvalue weighted by atomic mass is 19.1. The van der Waals surface area contributed by atoms with E-state index in [2.05, 4.69) is 15.5 Å². The molecule has 2 aromatic rings. The number of hydrogen-bond acceptors (Lipinski definition) is 3. The maximum atomic E-state index is 13.0. The standard InChI is InChI=1S/C20H29FN4O/c1-15(14-22-2)20(26)25(3)12-6-4-5-7-18-13-19(24-23-18)16-8-10-17(21)11-9-16/h8-11,13,15,22H,4-7,12,14H2,1-3H3,(H,23,24). The number of nitrogens with zero attached hydrogens (tertiary/aromatic N) is 2. The van der Waals surface area contributed by atoms with Crippen LogP contribution in [-0.2, 0) is 11.2 Å². The van der Waals surface area contributed by atoms with Gasteiger partial charge in [-0.15, -0.1) is 0 Å². The van der Waals surface area contributed by atoms with Gasteiger partial charge in [0, 0.05) is 37.3 Å². The van der Waals surface area contributed by atoms with Gasteiger partial charge in [-0.2, -0.15) is 5.10 Å². The second-order valence-corrected chi connectivity index (χ2v) is 6.81. The number of nitrogens with one attached hydrogen (secondary N) is 2. The summed E-state index contributed by atoms with van der Waals surface area (Å²) in [6, 6.07) is 8.37. The van der Waals surface area contributed by atoms with Crippen LogP contribution in [-0.4, -0.2) is 48.2 Å². The molecule has 0 aliphatic heterocycles. The fraction of sp³-hybridized carbons (Fsp3) is 0.500. The quantitative estimate of drug-likeness (QED) is 0.640. The van der Waals surface area contributed by atoms with E-state index in [0.717, 1.165) is 49.2 Å². The zero-order valence-corrected chi connectivity index (χ0v) is 15.9. The lowest BCUT2D eigenvalue weighted by atomic mass is 10.1. The fourth-order valence-corrected chi connectivity index (χ4v) is 2.98. The first kappa shape index (κ1) is 20.1. The molecule has 0 saturated heterocycles. The Labute approximate surface area is 155 Å². The van der Waals surface area contributed by atoms with Gasteiger partial charge in [0.2, 0.25) is 5.91 Å². The van der Waals surface area contributed by atoms with E-state index in [1.807, 2.05) is 32.0 Å². The second kappa shape index (κ2) is 10.1. The Morgan fingerprint density at radius 1 is 1.27 bits per heavy atom. The number of aromatic nitrogens is 2. The SMILES string of the molecule is CNCC(C)C(=O)N(C)CCCCCc1cc(-c2ccc(F)cc2)n[nH]1. The average molecular weight is 360 g/mol. The summed E-state index contributed by atoms with van der Waals surface area (Å²) in [6.07, 6.45) is 4.01. The van der Waals surface area contributed by atoms with E-state index in [1.165, 1.54) is 12.1 Å². The third-order valence-corrected chi connectivity index (χ3v) is 4.52. The molecule has 1 atom stereocenters. The molecule has 2 rings (SSSR count). The number of carbonyl (C=O) groups is 1. The van der Waals surface area contributed by atoms with Gasteiger partial charge in [-0.1, -0.05) is 13.3 Å². The van der Waals surface area contributed by atoms with Crippen LogP contribution in [0.3, 0.4) is 0 Å². The lowest BCUT2D eigenvalue weighted by Crippen LogP contribution is -2.36. The van der Waals surface area contributed by atoms with Crippen molar-refractivity contribution in [2.45, 2.75) is 32.6 Å². The van der Waals surface area contributed by atoms with Gasteiger partial charge in [0.25, 0.3) is 0 Å². The number of H-pyrrole nitrogens is 1. The van der Waals surface area contributed by atoms with E-state index in [1.54, 1.807) is 12.1 Å². The van der Waals surface area contributed by atoms with Crippen LogP contribution in [0.25, 0.3) is 11.3 Å². The van der Waals surface area contributed by atoms with Gasteiger partial charge in [-0.05, 0) is 56.6 Å². The van der Waals surface area contributed by atoms with Crippen LogP contribution in [0.1, 0.15) is 31.9 Å². The number of aryl methyl sites for hydroxylation is 1. The molecule has 26 heavy (non-hydrogen) atoms. The van der Waals surface area contributed by atoms with Crippen molar-refractivity contribution >= 4 is 5.91 Å². The largest absolute Gasteiger partial charge is 0.345 e. The smallest absolute Gasteiger partial charge is 0.226 e. The third kappa shape index (κ3) is 5.95. The predicted molar refractivity (Wildman–Crippen MR) is 102 cm³/mol. The summed E-state index contributed by atoms with van der Waals surface area (Å²) in [6.45, 7) is 3.45. The zero-order chi connectivity index (χ0) is 18.9. The molecule has 0 radical (unpaired) electrons. The summed E-state index contributed by atoms with van der Waals surface area (Å²) < 4.78 is 13.0. The molecular formula is C20H29FN4O. The highest BCUT2D eigenvalue weighted by Gasteiger charge is 2.15. The Morgan fingerprint density at radius 2 is 2.00 bits per heavy atom. The summed E-state index contributed by atoms with van der Waals surface area (Å²) in [7, 11) is 3.74. The molecule has 0 aliphatic rings. The molecule has 0 spiro atoms. The van der Waals surface area contributed by atoms with Gasteiger partial charge in [-0.3, -0.25) is 9.89 Å². The topological polar surface area (TPSA) is 61.0 Å². The minimum absolute atomic E-state index is 0.0138. The van der Waals surface area contributed by atoms with Crippen molar-refractivity contribution in [2.24, 2.45) is 5.92 Å². The molecule has 1 aromatic heterocycles. The summed E-state index contributed by atoms with van der Waals surface area (Å²) in [5, 5.41) is 10.4. The van der Waals surface area contributed by atoms with Crippen LogP contribution < -0.4 is 5.32 Å². The summed E-state index contributed by atoms with van der Waals surface area (Å²) in [5.41, 5.74) is 2.82. The second-order valence-electron chi connectivity index (χ2n) is 6.81. The number of amides is 1. The summed E-state index contributed by atoms with van der Waals surface area (Å²) in [5.74, 6) is -0.0370. The number of hydrogen-bond donors (Lipinski definition) is 2. The highest BCUT2D eigenvalue weighted by Crippen LogP contribution is 2.19. The van der Waals surface area contributed by atoms with Crippen LogP contribution in [0.15, 0.2) is 30.3 Å². The van der Waals surface area contributed by atoms with E-state index in [0.29, 0.717) is 6.54 Å². The lowest BCUT2D eigenvalue weighted by molar-refractivity contribution is -0.133. The number of unbranched alkanes of at least 4 members (excludes halogenated alkanes) is 2. The first-order valence-corrected chi connectivity index (χ1v) is 9.21. The maximum Gasteiger partial charge on any atom is 0.226 e. The molecule has 1 amide bonds. The molecule has 1 aromatic carbocycles. The number of aromatic amines is 1. The summed E-state index contributed by atoms with van der Waals surface area (Å²) in [4.78, 5) is 14.0. The maximum absolute atomic E-state index is 13.0. The van der Waals surface area contributed by atoms with Crippen molar-refractivity contribution in [2.75, 3.05) is 27.2 Å². The average Bonchev–Trinajstić information content (AvgIpc) is 3.10. The van der Waals surface area contributed by atoms with Crippen LogP contribution >= 0.6 is 0 Å². The van der Waals surface area contributed by atoms with Crippen LogP contribution in [0, 0.1) is 11.7 Å². The predicted octanol–water partition coefficient (Wildman–Crippen LogP) is 3.24. The molecule has 1 heterocycles. The Kier molecular flexibility index (Phi) is 7.78. The van der Waals surface area contributed by atoms with Crippen molar-refractivity contribution < 1.29 is 9.18 Å². The molecule has 5 nitrogen and oxygen atoms in total. The molecule has 0 fully saturated rings. The number of halogens is 1. The minimum atomic E-state index is -0.242. The van der Waals surface area contributed by atoms with Crippen molar-refractivity contribution in [3.8, 4) is 11.3 Å². The van der Waals surface area contributed by atoms with Crippen molar-refractivity contribution in [3.05, 3.63) is 41.8 Å². The lowest BCUT2D eigenvalue weighted by Gasteiger charge is -2.21.